The van der Waals surface area contributed by atoms with Gasteiger partial charge < -0.3 is 14.1 Å². The molecule has 0 unspecified atom stereocenters. The molecule has 0 radical (unpaired) electrons. The molecule has 124 valence electrons. The highest BCUT2D eigenvalue weighted by atomic mass is 19.1. The molecule has 0 bridgehead atoms. The van der Waals surface area contributed by atoms with E-state index in [9.17, 15) is 9.18 Å². The number of fused-ring (bicyclic) bond motifs is 1. The molecule has 0 atom stereocenters. The van der Waals surface area contributed by atoms with Gasteiger partial charge in [0, 0.05) is 19.0 Å². The molecular weight excluding hydrogens is 309 g/mol. The van der Waals surface area contributed by atoms with Crippen LogP contribution >= 0.6 is 0 Å². The molecule has 24 heavy (non-hydrogen) atoms. The van der Waals surface area contributed by atoms with Gasteiger partial charge in [0.15, 0.2) is 5.76 Å². The summed E-state index contributed by atoms with van der Waals surface area (Å²) in [6, 6.07) is 13.3. The first-order valence-electron chi connectivity index (χ1n) is 7.73. The van der Waals surface area contributed by atoms with E-state index < -0.39 is 0 Å². The zero-order chi connectivity index (χ0) is 17.1. The van der Waals surface area contributed by atoms with Crippen molar-refractivity contribution in [2.45, 2.75) is 13.5 Å². The SMILES string of the molecule is CCOc1ccc(CN(C)C(=O)c2cc3cc(F)ccc3o2)cc1. The van der Waals surface area contributed by atoms with E-state index in [0.29, 0.717) is 24.1 Å². The molecule has 0 spiro atoms. The molecule has 0 saturated carbocycles. The van der Waals surface area contributed by atoms with Crippen molar-refractivity contribution < 1.29 is 18.3 Å². The summed E-state index contributed by atoms with van der Waals surface area (Å²) in [6.07, 6.45) is 0. The lowest BCUT2D eigenvalue weighted by Gasteiger charge is -2.16. The van der Waals surface area contributed by atoms with Crippen molar-refractivity contribution in [2.24, 2.45) is 0 Å². The van der Waals surface area contributed by atoms with Gasteiger partial charge in [0.2, 0.25) is 0 Å². The van der Waals surface area contributed by atoms with Crippen LogP contribution in [0.2, 0.25) is 0 Å². The standard InChI is InChI=1S/C19H18FNO3/c1-3-23-16-7-4-13(5-8-16)12-21(2)19(22)18-11-14-10-15(20)6-9-17(14)24-18/h4-11H,3,12H2,1-2H3. The molecule has 0 aliphatic heterocycles. The first-order valence-corrected chi connectivity index (χ1v) is 7.73. The number of carbonyl (C=O) groups excluding carboxylic acids is 1. The normalized spacial score (nSPS) is 10.8. The average molecular weight is 327 g/mol. The van der Waals surface area contributed by atoms with Gasteiger partial charge in [0.1, 0.15) is 17.1 Å². The van der Waals surface area contributed by atoms with Gasteiger partial charge >= 0.3 is 0 Å². The molecule has 0 saturated heterocycles. The first kappa shape index (κ1) is 16.1. The number of amides is 1. The van der Waals surface area contributed by atoms with Crippen molar-refractivity contribution in [3.8, 4) is 5.75 Å². The van der Waals surface area contributed by atoms with Crippen LogP contribution in [0.15, 0.2) is 52.9 Å². The molecule has 1 amide bonds. The van der Waals surface area contributed by atoms with E-state index in [1.54, 1.807) is 18.0 Å². The van der Waals surface area contributed by atoms with Gasteiger partial charge in [-0.05, 0) is 48.9 Å². The highest BCUT2D eigenvalue weighted by Crippen LogP contribution is 2.22. The minimum Gasteiger partial charge on any atom is -0.494 e. The Morgan fingerprint density at radius 3 is 2.62 bits per heavy atom. The summed E-state index contributed by atoms with van der Waals surface area (Å²) >= 11 is 0. The lowest BCUT2D eigenvalue weighted by atomic mass is 10.2. The average Bonchev–Trinajstić information content (AvgIpc) is 2.99. The van der Waals surface area contributed by atoms with Crippen molar-refractivity contribution >= 4 is 16.9 Å². The van der Waals surface area contributed by atoms with Crippen LogP contribution in [-0.2, 0) is 6.54 Å². The summed E-state index contributed by atoms with van der Waals surface area (Å²) in [5.41, 5.74) is 1.48. The van der Waals surface area contributed by atoms with Crippen molar-refractivity contribution in [1.29, 1.82) is 0 Å². The Morgan fingerprint density at radius 2 is 1.92 bits per heavy atom. The second kappa shape index (κ2) is 6.74. The van der Waals surface area contributed by atoms with E-state index in [0.717, 1.165) is 11.3 Å². The first-order chi connectivity index (χ1) is 11.6. The lowest BCUT2D eigenvalue weighted by molar-refractivity contribution is 0.0756. The highest BCUT2D eigenvalue weighted by molar-refractivity contribution is 5.95. The Morgan fingerprint density at radius 1 is 1.17 bits per heavy atom. The van der Waals surface area contributed by atoms with Crippen LogP contribution in [0.5, 0.6) is 5.75 Å². The second-order valence-corrected chi connectivity index (χ2v) is 5.53. The molecule has 3 rings (SSSR count). The monoisotopic (exact) mass is 327 g/mol. The number of ether oxygens (including phenoxy) is 1. The van der Waals surface area contributed by atoms with Crippen LogP contribution in [-0.4, -0.2) is 24.5 Å². The van der Waals surface area contributed by atoms with E-state index in [-0.39, 0.29) is 17.5 Å². The number of benzene rings is 2. The summed E-state index contributed by atoms with van der Waals surface area (Å²) in [5.74, 6) is 0.393. The van der Waals surface area contributed by atoms with Crippen molar-refractivity contribution in [1.82, 2.24) is 4.90 Å². The minimum absolute atomic E-state index is 0.198. The largest absolute Gasteiger partial charge is 0.494 e. The number of halogens is 1. The van der Waals surface area contributed by atoms with Crippen LogP contribution in [0, 0.1) is 5.82 Å². The quantitative estimate of drug-likeness (QED) is 0.704. The summed E-state index contributed by atoms with van der Waals surface area (Å²) in [4.78, 5) is 14.0. The van der Waals surface area contributed by atoms with Crippen molar-refractivity contribution in [3.05, 3.63) is 65.7 Å². The van der Waals surface area contributed by atoms with Crippen LogP contribution in [0.25, 0.3) is 11.0 Å². The number of hydrogen-bond donors (Lipinski definition) is 0. The van der Waals surface area contributed by atoms with E-state index in [1.807, 2.05) is 31.2 Å². The molecule has 1 aromatic heterocycles. The predicted octanol–water partition coefficient (Wildman–Crippen LogP) is 4.24. The van der Waals surface area contributed by atoms with Crippen LogP contribution in [0.4, 0.5) is 4.39 Å². The van der Waals surface area contributed by atoms with Gasteiger partial charge in [-0.1, -0.05) is 12.1 Å². The van der Waals surface area contributed by atoms with Crippen LogP contribution in [0.3, 0.4) is 0 Å². The van der Waals surface area contributed by atoms with Gasteiger partial charge in [-0.3, -0.25) is 4.79 Å². The highest BCUT2D eigenvalue weighted by Gasteiger charge is 2.17. The molecule has 4 nitrogen and oxygen atoms in total. The number of hydrogen-bond acceptors (Lipinski definition) is 3. The summed E-state index contributed by atoms with van der Waals surface area (Å²) in [7, 11) is 1.70. The minimum atomic E-state index is -0.356. The molecule has 0 N–H and O–H groups in total. The number of furan rings is 1. The Bertz CT molecular complexity index is 855. The second-order valence-electron chi connectivity index (χ2n) is 5.53. The summed E-state index contributed by atoms with van der Waals surface area (Å²) < 4.78 is 24.1. The van der Waals surface area contributed by atoms with Gasteiger partial charge in [-0.25, -0.2) is 4.39 Å². The molecule has 3 aromatic rings. The zero-order valence-corrected chi connectivity index (χ0v) is 13.6. The van der Waals surface area contributed by atoms with Crippen molar-refractivity contribution in [2.75, 3.05) is 13.7 Å². The molecule has 2 aromatic carbocycles. The van der Waals surface area contributed by atoms with Gasteiger partial charge in [0.05, 0.1) is 6.61 Å². The fourth-order valence-corrected chi connectivity index (χ4v) is 2.51. The lowest BCUT2D eigenvalue weighted by Crippen LogP contribution is -2.25. The Hall–Kier alpha value is -2.82. The summed E-state index contributed by atoms with van der Waals surface area (Å²) in [5, 5.41) is 0.577. The topological polar surface area (TPSA) is 42.7 Å². The van der Waals surface area contributed by atoms with Crippen molar-refractivity contribution in [3.63, 3.8) is 0 Å². The van der Waals surface area contributed by atoms with Crippen LogP contribution < -0.4 is 4.74 Å². The third-order valence-electron chi connectivity index (χ3n) is 3.69. The van der Waals surface area contributed by atoms with Crippen LogP contribution in [0.1, 0.15) is 23.0 Å². The zero-order valence-electron chi connectivity index (χ0n) is 13.6. The number of carbonyl (C=O) groups is 1. The maximum atomic E-state index is 13.2. The molecule has 0 aliphatic carbocycles. The molecule has 5 heteroatoms. The predicted molar refractivity (Wildman–Crippen MR) is 89.6 cm³/mol. The molecular formula is C19H18FNO3. The Balaban J connectivity index is 1.73. The number of nitrogens with zero attached hydrogens (tertiary/aromatic N) is 1. The molecule has 1 heterocycles. The fourth-order valence-electron chi connectivity index (χ4n) is 2.51. The smallest absolute Gasteiger partial charge is 0.289 e. The van der Waals surface area contributed by atoms with E-state index >= 15 is 0 Å². The third-order valence-corrected chi connectivity index (χ3v) is 3.69. The van der Waals surface area contributed by atoms with E-state index in [4.69, 9.17) is 9.15 Å². The third kappa shape index (κ3) is 3.40. The van der Waals surface area contributed by atoms with E-state index in [1.165, 1.54) is 18.2 Å². The maximum Gasteiger partial charge on any atom is 0.289 e. The number of rotatable bonds is 5. The molecule has 0 fully saturated rings. The fraction of sp³-hybridized carbons (Fsp3) is 0.211. The molecule has 0 aliphatic rings. The Labute approximate surface area is 139 Å². The van der Waals surface area contributed by atoms with Gasteiger partial charge in [0.25, 0.3) is 5.91 Å². The Kier molecular flexibility index (Phi) is 4.51. The van der Waals surface area contributed by atoms with Gasteiger partial charge in [-0.2, -0.15) is 0 Å². The van der Waals surface area contributed by atoms with E-state index in [2.05, 4.69) is 0 Å². The summed E-state index contributed by atoms with van der Waals surface area (Å²) in [6.45, 7) is 2.99. The maximum absolute atomic E-state index is 13.2. The van der Waals surface area contributed by atoms with Gasteiger partial charge in [-0.15, -0.1) is 0 Å².